The van der Waals surface area contributed by atoms with Crippen LogP contribution in [0.1, 0.15) is 0 Å². The van der Waals surface area contributed by atoms with Gasteiger partial charge in [-0.05, 0) is 23.8 Å². The van der Waals surface area contributed by atoms with E-state index in [0.29, 0.717) is 0 Å². The lowest BCUT2D eigenvalue weighted by Crippen LogP contribution is -1.81. The summed E-state index contributed by atoms with van der Waals surface area (Å²) in [4.78, 5) is 8.17. The van der Waals surface area contributed by atoms with Crippen LogP contribution in [0.5, 0.6) is 0 Å². The van der Waals surface area contributed by atoms with E-state index in [4.69, 9.17) is 0 Å². The number of aromatic nitrogens is 2. The van der Waals surface area contributed by atoms with Crippen molar-refractivity contribution in [2.75, 3.05) is 0 Å². The van der Waals surface area contributed by atoms with Crippen molar-refractivity contribution in [1.82, 2.24) is 9.97 Å². The predicted molar refractivity (Wildman–Crippen MR) is 80.4 cm³/mol. The van der Waals surface area contributed by atoms with Gasteiger partial charge in [-0.25, -0.2) is 9.97 Å². The summed E-state index contributed by atoms with van der Waals surface area (Å²) in [5.74, 6) is 0. The zero-order chi connectivity index (χ0) is 12.7. The molecule has 2 heterocycles. The van der Waals surface area contributed by atoms with Gasteiger partial charge in [0, 0.05) is 38.1 Å². The second-order valence-corrected chi connectivity index (χ2v) is 5.52. The third kappa shape index (κ3) is 1.71. The molecule has 19 heavy (non-hydrogen) atoms. The fourth-order valence-corrected chi connectivity index (χ4v) is 3.44. The van der Waals surface area contributed by atoms with Crippen molar-refractivity contribution in [3.05, 3.63) is 61.2 Å². The highest BCUT2D eigenvalue weighted by atomic mass is 32.1. The molecule has 0 atom stereocenters. The van der Waals surface area contributed by atoms with Crippen LogP contribution in [-0.4, -0.2) is 9.97 Å². The van der Waals surface area contributed by atoms with Crippen LogP contribution in [0.4, 0.5) is 0 Å². The maximum Gasteiger partial charge on any atom is 0.115 e. The minimum Gasteiger partial charge on any atom is -0.244 e. The maximum absolute atomic E-state index is 4.08. The number of rotatable bonds is 1. The third-order valence-corrected chi connectivity index (χ3v) is 4.42. The molecular weight excluding hydrogens is 252 g/mol. The molecule has 4 aromatic rings. The minimum atomic E-state index is 1.06. The first-order valence-corrected chi connectivity index (χ1v) is 6.90. The highest BCUT2D eigenvalue weighted by Crippen LogP contribution is 2.35. The smallest absolute Gasteiger partial charge is 0.115 e. The number of thiophene rings is 1. The van der Waals surface area contributed by atoms with Crippen LogP contribution in [0.3, 0.4) is 0 Å². The van der Waals surface area contributed by atoms with Gasteiger partial charge in [0.05, 0.1) is 0 Å². The molecule has 90 valence electrons. The van der Waals surface area contributed by atoms with E-state index in [2.05, 4.69) is 52.4 Å². The number of fused-ring (bicyclic) bond motifs is 3. The molecule has 0 radical (unpaired) electrons. The fourth-order valence-electron chi connectivity index (χ4n) is 2.35. The molecule has 0 aliphatic heterocycles. The zero-order valence-electron chi connectivity index (χ0n) is 10.1. The Morgan fingerprint density at radius 1 is 0.737 bits per heavy atom. The summed E-state index contributed by atoms with van der Waals surface area (Å²) < 4.78 is 2.65. The standard InChI is InChI=1S/C16H10N2S/c1-2-4-15-13(3-1)14-7-11(5-6-16(14)19-15)12-8-17-10-18-9-12/h1-10H. The Kier molecular flexibility index (Phi) is 2.32. The van der Waals surface area contributed by atoms with Crippen molar-refractivity contribution in [3.8, 4) is 11.1 Å². The van der Waals surface area contributed by atoms with E-state index in [0.717, 1.165) is 11.1 Å². The van der Waals surface area contributed by atoms with E-state index in [1.165, 1.54) is 20.2 Å². The van der Waals surface area contributed by atoms with E-state index < -0.39 is 0 Å². The summed E-state index contributed by atoms with van der Waals surface area (Å²) in [6, 6.07) is 15.1. The Bertz CT molecular complexity index is 866. The van der Waals surface area contributed by atoms with Gasteiger partial charge >= 0.3 is 0 Å². The summed E-state index contributed by atoms with van der Waals surface area (Å²) in [7, 11) is 0. The van der Waals surface area contributed by atoms with Crippen LogP contribution in [0.15, 0.2) is 61.2 Å². The molecule has 2 aromatic carbocycles. The summed E-state index contributed by atoms with van der Waals surface area (Å²) in [6.07, 6.45) is 5.26. The normalized spacial score (nSPS) is 11.2. The summed E-state index contributed by atoms with van der Waals surface area (Å²) >= 11 is 1.83. The molecule has 0 unspecified atom stereocenters. The number of hydrogen-bond donors (Lipinski definition) is 0. The second kappa shape index (κ2) is 4.14. The van der Waals surface area contributed by atoms with Gasteiger partial charge in [-0.1, -0.05) is 24.3 Å². The minimum absolute atomic E-state index is 1.06. The van der Waals surface area contributed by atoms with Gasteiger partial charge in [-0.2, -0.15) is 0 Å². The average molecular weight is 262 g/mol. The van der Waals surface area contributed by atoms with Crippen molar-refractivity contribution < 1.29 is 0 Å². The molecule has 2 aromatic heterocycles. The van der Waals surface area contributed by atoms with Gasteiger partial charge in [0.1, 0.15) is 6.33 Å². The van der Waals surface area contributed by atoms with Crippen LogP contribution < -0.4 is 0 Å². The van der Waals surface area contributed by atoms with Crippen LogP contribution >= 0.6 is 11.3 Å². The lowest BCUT2D eigenvalue weighted by atomic mass is 10.1. The Morgan fingerprint density at radius 3 is 2.42 bits per heavy atom. The van der Waals surface area contributed by atoms with Crippen molar-refractivity contribution in [3.63, 3.8) is 0 Å². The second-order valence-electron chi connectivity index (χ2n) is 4.44. The van der Waals surface area contributed by atoms with Gasteiger partial charge in [0.25, 0.3) is 0 Å². The van der Waals surface area contributed by atoms with Crippen molar-refractivity contribution >= 4 is 31.5 Å². The van der Waals surface area contributed by atoms with Gasteiger partial charge in [0.2, 0.25) is 0 Å². The molecule has 0 bridgehead atoms. The third-order valence-electron chi connectivity index (χ3n) is 3.27. The number of benzene rings is 2. The van der Waals surface area contributed by atoms with Crippen LogP contribution in [0.25, 0.3) is 31.3 Å². The molecule has 4 rings (SSSR count). The molecular formula is C16H10N2S. The molecule has 0 aliphatic rings. The van der Waals surface area contributed by atoms with E-state index >= 15 is 0 Å². The molecule has 0 spiro atoms. The van der Waals surface area contributed by atoms with E-state index in [1.807, 2.05) is 23.7 Å². The molecule has 0 fully saturated rings. The van der Waals surface area contributed by atoms with Crippen LogP contribution in [0, 0.1) is 0 Å². The summed E-state index contributed by atoms with van der Waals surface area (Å²) in [5.41, 5.74) is 2.22. The summed E-state index contributed by atoms with van der Waals surface area (Å²) in [5, 5.41) is 2.63. The van der Waals surface area contributed by atoms with Crippen molar-refractivity contribution in [1.29, 1.82) is 0 Å². The molecule has 3 heteroatoms. The molecule has 0 N–H and O–H groups in total. The maximum atomic E-state index is 4.08. The Labute approximate surface area is 114 Å². The number of nitrogens with zero attached hydrogens (tertiary/aromatic N) is 2. The lowest BCUT2D eigenvalue weighted by molar-refractivity contribution is 1.17. The molecule has 0 aliphatic carbocycles. The van der Waals surface area contributed by atoms with Gasteiger partial charge in [-0.15, -0.1) is 11.3 Å². The first-order chi connectivity index (χ1) is 9.42. The molecule has 2 nitrogen and oxygen atoms in total. The Morgan fingerprint density at radius 2 is 1.53 bits per heavy atom. The first kappa shape index (κ1) is 10.6. The average Bonchev–Trinajstić information content (AvgIpc) is 2.86. The fraction of sp³-hybridized carbons (Fsp3) is 0. The van der Waals surface area contributed by atoms with E-state index in [9.17, 15) is 0 Å². The van der Waals surface area contributed by atoms with Gasteiger partial charge in [0.15, 0.2) is 0 Å². The molecule has 0 amide bonds. The zero-order valence-corrected chi connectivity index (χ0v) is 10.9. The quantitative estimate of drug-likeness (QED) is 0.504. The van der Waals surface area contributed by atoms with E-state index in [1.54, 1.807) is 6.33 Å². The van der Waals surface area contributed by atoms with Gasteiger partial charge in [-0.3, -0.25) is 0 Å². The Balaban J connectivity index is 2.03. The van der Waals surface area contributed by atoms with Crippen LogP contribution in [-0.2, 0) is 0 Å². The predicted octanol–water partition coefficient (Wildman–Crippen LogP) is 4.51. The molecule has 0 saturated heterocycles. The van der Waals surface area contributed by atoms with Crippen molar-refractivity contribution in [2.45, 2.75) is 0 Å². The van der Waals surface area contributed by atoms with Crippen LogP contribution in [0.2, 0.25) is 0 Å². The van der Waals surface area contributed by atoms with Gasteiger partial charge < -0.3 is 0 Å². The monoisotopic (exact) mass is 262 g/mol. The first-order valence-electron chi connectivity index (χ1n) is 6.08. The summed E-state index contributed by atoms with van der Waals surface area (Å²) in [6.45, 7) is 0. The van der Waals surface area contributed by atoms with Crippen molar-refractivity contribution in [2.24, 2.45) is 0 Å². The molecule has 0 saturated carbocycles. The Hall–Kier alpha value is -2.26. The number of hydrogen-bond acceptors (Lipinski definition) is 3. The SMILES string of the molecule is c1ccc2c(c1)sc1ccc(-c3cncnc3)cc12. The largest absolute Gasteiger partial charge is 0.244 e. The lowest BCUT2D eigenvalue weighted by Gasteiger charge is -2.00. The highest BCUT2D eigenvalue weighted by Gasteiger charge is 2.06. The topological polar surface area (TPSA) is 25.8 Å². The highest BCUT2D eigenvalue weighted by molar-refractivity contribution is 7.25. The van der Waals surface area contributed by atoms with E-state index in [-0.39, 0.29) is 0 Å².